The fourth-order valence-electron chi connectivity index (χ4n) is 4.85. The van der Waals surface area contributed by atoms with Crippen molar-refractivity contribution < 1.29 is 9.53 Å². The molecular formula is C26H23N3O2. The Labute approximate surface area is 180 Å². The number of rotatable bonds is 2. The van der Waals surface area contributed by atoms with E-state index in [0.29, 0.717) is 17.7 Å². The molecule has 0 aliphatic carbocycles. The van der Waals surface area contributed by atoms with Crippen molar-refractivity contribution in [1.82, 2.24) is 15.3 Å². The molecule has 0 saturated carbocycles. The minimum absolute atomic E-state index is 0.182. The molecule has 1 fully saturated rings. The molecule has 2 aromatic carbocycles. The maximum absolute atomic E-state index is 12.9. The molecule has 154 valence electrons. The lowest BCUT2D eigenvalue weighted by Gasteiger charge is -2.41. The Kier molecular flexibility index (Phi) is 4.18. The molecule has 5 heteroatoms. The van der Waals surface area contributed by atoms with Gasteiger partial charge in [-0.2, -0.15) is 0 Å². The molecule has 4 heterocycles. The van der Waals surface area contributed by atoms with Gasteiger partial charge < -0.3 is 15.0 Å². The van der Waals surface area contributed by atoms with Crippen LogP contribution in [0.3, 0.4) is 0 Å². The SMILES string of the molecule is O=C1CC2(CCNCC2)Oc2cc(-c3c[nH]c4ncc(-c5ccccc5)cc34)ccc21. The number of carbonyl (C=O) groups excluding carboxylic acids is 1. The van der Waals surface area contributed by atoms with E-state index in [4.69, 9.17) is 4.74 Å². The topological polar surface area (TPSA) is 67.0 Å². The third kappa shape index (κ3) is 3.13. The largest absolute Gasteiger partial charge is 0.486 e. The Bertz CT molecular complexity index is 1290. The fourth-order valence-corrected chi connectivity index (χ4v) is 4.85. The molecule has 0 atom stereocenters. The fraction of sp³-hybridized carbons (Fsp3) is 0.231. The summed E-state index contributed by atoms with van der Waals surface area (Å²) < 4.78 is 6.49. The molecule has 0 unspecified atom stereocenters. The maximum Gasteiger partial charge on any atom is 0.170 e. The van der Waals surface area contributed by atoms with E-state index in [9.17, 15) is 4.79 Å². The predicted molar refractivity (Wildman–Crippen MR) is 121 cm³/mol. The summed E-state index contributed by atoms with van der Waals surface area (Å²) in [6.07, 6.45) is 6.07. The summed E-state index contributed by atoms with van der Waals surface area (Å²) in [5, 5.41) is 4.42. The number of Topliss-reactive ketones (excluding diaryl/α,β-unsaturated/α-hetero) is 1. The number of aromatic amines is 1. The molecule has 0 bridgehead atoms. The number of nitrogens with zero attached hydrogens (tertiary/aromatic N) is 1. The van der Waals surface area contributed by atoms with Gasteiger partial charge in [0.2, 0.25) is 0 Å². The van der Waals surface area contributed by atoms with Crippen LogP contribution in [0.2, 0.25) is 0 Å². The van der Waals surface area contributed by atoms with Crippen LogP contribution in [0, 0.1) is 0 Å². The smallest absolute Gasteiger partial charge is 0.170 e. The Morgan fingerprint density at radius 1 is 0.903 bits per heavy atom. The lowest BCUT2D eigenvalue weighted by molar-refractivity contribution is 0.0188. The van der Waals surface area contributed by atoms with Crippen LogP contribution in [0.5, 0.6) is 5.75 Å². The van der Waals surface area contributed by atoms with Crippen LogP contribution in [-0.2, 0) is 0 Å². The van der Waals surface area contributed by atoms with Crippen molar-refractivity contribution >= 4 is 16.8 Å². The summed E-state index contributed by atoms with van der Waals surface area (Å²) in [7, 11) is 0. The van der Waals surface area contributed by atoms with Gasteiger partial charge in [-0.25, -0.2) is 4.98 Å². The van der Waals surface area contributed by atoms with Gasteiger partial charge in [0.05, 0.1) is 12.0 Å². The third-order valence-corrected chi connectivity index (χ3v) is 6.56. The maximum atomic E-state index is 12.9. The normalized spacial score (nSPS) is 17.5. The van der Waals surface area contributed by atoms with Crippen LogP contribution < -0.4 is 10.1 Å². The highest BCUT2D eigenvalue weighted by Gasteiger charge is 2.41. The number of hydrogen-bond acceptors (Lipinski definition) is 4. The number of H-pyrrole nitrogens is 1. The van der Waals surface area contributed by atoms with Crippen molar-refractivity contribution in [2.45, 2.75) is 24.9 Å². The zero-order valence-corrected chi connectivity index (χ0v) is 17.2. The molecule has 2 aliphatic rings. The molecule has 2 aliphatic heterocycles. The van der Waals surface area contributed by atoms with Crippen LogP contribution in [-0.4, -0.2) is 34.4 Å². The van der Waals surface area contributed by atoms with Gasteiger partial charge in [0.25, 0.3) is 0 Å². The second-order valence-electron chi connectivity index (χ2n) is 8.53. The predicted octanol–water partition coefficient (Wildman–Crippen LogP) is 4.98. The van der Waals surface area contributed by atoms with Crippen molar-refractivity contribution in [1.29, 1.82) is 0 Å². The summed E-state index contributed by atoms with van der Waals surface area (Å²) in [4.78, 5) is 20.8. The quantitative estimate of drug-likeness (QED) is 0.490. The average Bonchev–Trinajstić information content (AvgIpc) is 3.23. The number of fused-ring (bicyclic) bond motifs is 2. The van der Waals surface area contributed by atoms with E-state index < -0.39 is 0 Å². The van der Waals surface area contributed by atoms with E-state index in [1.54, 1.807) is 0 Å². The highest BCUT2D eigenvalue weighted by atomic mass is 16.5. The second kappa shape index (κ2) is 7.06. The minimum Gasteiger partial charge on any atom is -0.486 e. The minimum atomic E-state index is -0.365. The summed E-state index contributed by atoms with van der Waals surface area (Å²) >= 11 is 0. The van der Waals surface area contributed by atoms with Crippen LogP contribution in [0.15, 0.2) is 67.0 Å². The molecule has 2 aromatic heterocycles. The molecule has 5 nitrogen and oxygen atoms in total. The summed E-state index contributed by atoms with van der Waals surface area (Å²) in [6, 6.07) is 18.4. The number of piperidine rings is 1. The second-order valence-corrected chi connectivity index (χ2v) is 8.53. The number of benzene rings is 2. The van der Waals surface area contributed by atoms with E-state index in [1.807, 2.05) is 48.8 Å². The van der Waals surface area contributed by atoms with Gasteiger partial charge in [-0.15, -0.1) is 0 Å². The molecule has 0 amide bonds. The lowest BCUT2D eigenvalue weighted by Crippen LogP contribution is -2.49. The van der Waals surface area contributed by atoms with Gasteiger partial charge in [0.15, 0.2) is 5.78 Å². The van der Waals surface area contributed by atoms with E-state index in [1.165, 1.54) is 0 Å². The number of ketones is 1. The molecule has 4 aromatic rings. The van der Waals surface area contributed by atoms with Gasteiger partial charge in [-0.05, 0) is 42.4 Å². The van der Waals surface area contributed by atoms with Crippen molar-refractivity contribution in [2.24, 2.45) is 0 Å². The van der Waals surface area contributed by atoms with Crippen molar-refractivity contribution in [2.75, 3.05) is 13.1 Å². The number of ether oxygens (including phenoxy) is 1. The average molecular weight is 409 g/mol. The first-order valence-corrected chi connectivity index (χ1v) is 10.8. The highest BCUT2D eigenvalue weighted by molar-refractivity contribution is 6.02. The van der Waals surface area contributed by atoms with E-state index >= 15 is 0 Å². The molecule has 31 heavy (non-hydrogen) atoms. The Morgan fingerprint density at radius 3 is 2.58 bits per heavy atom. The van der Waals surface area contributed by atoms with E-state index in [-0.39, 0.29) is 11.4 Å². The molecule has 0 radical (unpaired) electrons. The molecule has 2 N–H and O–H groups in total. The number of pyridine rings is 1. The summed E-state index contributed by atoms with van der Waals surface area (Å²) in [5.41, 5.74) is 5.47. The first kappa shape index (κ1) is 18.3. The first-order chi connectivity index (χ1) is 15.2. The van der Waals surface area contributed by atoms with Crippen LogP contribution >= 0.6 is 0 Å². The van der Waals surface area contributed by atoms with E-state index in [0.717, 1.165) is 59.2 Å². The lowest BCUT2D eigenvalue weighted by atomic mass is 9.82. The van der Waals surface area contributed by atoms with Gasteiger partial charge in [0.1, 0.15) is 17.0 Å². The number of carbonyl (C=O) groups is 1. The number of nitrogens with one attached hydrogen (secondary N) is 2. The van der Waals surface area contributed by atoms with Gasteiger partial charge in [0, 0.05) is 41.7 Å². The van der Waals surface area contributed by atoms with Crippen molar-refractivity contribution in [3.8, 4) is 28.0 Å². The number of hydrogen-bond donors (Lipinski definition) is 2. The molecule has 1 spiro atoms. The van der Waals surface area contributed by atoms with Crippen LogP contribution in [0.25, 0.3) is 33.3 Å². The standard InChI is InChI=1S/C26H23N3O2/c30-23-14-26(8-10-27-11-9-26)31-24-13-18(6-7-20(23)24)22-16-29-25-21(22)12-19(15-28-25)17-4-2-1-3-5-17/h1-7,12-13,15-16,27H,8-11,14H2,(H,28,29). The van der Waals surface area contributed by atoms with Crippen LogP contribution in [0.1, 0.15) is 29.6 Å². The van der Waals surface area contributed by atoms with E-state index in [2.05, 4.69) is 33.5 Å². The Balaban J connectivity index is 1.43. The summed E-state index contributed by atoms with van der Waals surface area (Å²) in [6.45, 7) is 1.78. The van der Waals surface area contributed by atoms with Gasteiger partial charge in [-0.3, -0.25) is 4.79 Å². The van der Waals surface area contributed by atoms with Gasteiger partial charge >= 0.3 is 0 Å². The molecule has 1 saturated heterocycles. The number of aromatic nitrogens is 2. The zero-order chi connectivity index (χ0) is 20.8. The monoisotopic (exact) mass is 409 g/mol. The first-order valence-electron chi connectivity index (χ1n) is 10.8. The van der Waals surface area contributed by atoms with Crippen LogP contribution in [0.4, 0.5) is 0 Å². The van der Waals surface area contributed by atoms with Crippen molar-refractivity contribution in [3.63, 3.8) is 0 Å². The summed E-state index contributed by atoms with van der Waals surface area (Å²) in [5.74, 6) is 0.888. The molecule has 6 rings (SSSR count). The third-order valence-electron chi connectivity index (χ3n) is 6.56. The highest BCUT2D eigenvalue weighted by Crippen LogP contribution is 2.41. The Hall–Kier alpha value is -3.44. The Morgan fingerprint density at radius 2 is 1.74 bits per heavy atom. The van der Waals surface area contributed by atoms with Gasteiger partial charge in [-0.1, -0.05) is 36.4 Å². The zero-order valence-electron chi connectivity index (χ0n) is 17.2. The molecular weight excluding hydrogens is 386 g/mol. The van der Waals surface area contributed by atoms with Crippen molar-refractivity contribution in [3.05, 3.63) is 72.6 Å².